The summed E-state index contributed by atoms with van der Waals surface area (Å²) in [5, 5.41) is 1.11. The lowest BCUT2D eigenvalue weighted by Crippen LogP contribution is -2.38. The molecule has 1 aromatic heterocycles. The van der Waals surface area contributed by atoms with Crippen LogP contribution in [0.1, 0.15) is 33.5 Å². The SMILES string of the molecule is COc1ccc2oc(CCN(C(C)C)C(C)C)cc2c1. The molecule has 0 bridgehead atoms. The molecule has 0 amide bonds. The predicted molar refractivity (Wildman–Crippen MR) is 83.4 cm³/mol. The molecule has 0 atom stereocenters. The van der Waals surface area contributed by atoms with E-state index in [1.54, 1.807) is 7.11 Å². The van der Waals surface area contributed by atoms with Crippen LogP contribution in [0.3, 0.4) is 0 Å². The van der Waals surface area contributed by atoms with Crippen molar-refractivity contribution in [1.29, 1.82) is 0 Å². The third kappa shape index (κ3) is 3.34. The summed E-state index contributed by atoms with van der Waals surface area (Å²) in [5.74, 6) is 1.91. The predicted octanol–water partition coefficient (Wildman–Crippen LogP) is 4.10. The number of nitrogens with zero attached hydrogens (tertiary/aromatic N) is 1. The fourth-order valence-corrected chi connectivity index (χ4v) is 2.68. The molecule has 2 rings (SSSR count). The molecule has 1 aromatic carbocycles. The van der Waals surface area contributed by atoms with E-state index < -0.39 is 0 Å². The first-order chi connectivity index (χ1) is 9.51. The zero-order valence-corrected chi connectivity index (χ0v) is 13.1. The van der Waals surface area contributed by atoms with Gasteiger partial charge in [-0.2, -0.15) is 0 Å². The van der Waals surface area contributed by atoms with Crippen molar-refractivity contribution in [2.75, 3.05) is 13.7 Å². The van der Waals surface area contributed by atoms with Crippen molar-refractivity contribution in [2.24, 2.45) is 0 Å². The molecule has 3 heteroatoms. The number of hydrogen-bond acceptors (Lipinski definition) is 3. The topological polar surface area (TPSA) is 25.6 Å². The lowest BCUT2D eigenvalue weighted by Gasteiger charge is -2.30. The van der Waals surface area contributed by atoms with Gasteiger partial charge in [0, 0.05) is 30.4 Å². The quantitative estimate of drug-likeness (QED) is 0.793. The highest BCUT2D eigenvalue weighted by molar-refractivity contribution is 5.79. The molecule has 0 aliphatic carbocycles. The molecule has 0 saturated heterocycles. The molecule has 0 saturated carbocycles. The maximum Gasteiger partial charge on any atom is 0.134 e. The highest BCUT2D eigenvalue weighted by atomic mass is 16.5. The molecular weight excluding hydrogens is 250 g/mol. The fraction of sp³-hybridized carbons (Fsp3) is 0.529. The second kappa shape index (κ2) is 6.31. The van der Waals surface area contributed by atoms with E-state index in [1.807, 2.05) is 18.2 Å². The van der Waals surface area contributed by atoms with Gasteiger partial charge in [0.05, 0.1) is 7.11 Å². The van der Waals surface area contributed by atoms with E-state index in [0.717, 1.165) is 35.4 Å². The molecule has 0 radical (unpaired) electrons. The first-order valence-corrected chi connectivity index (χ1v) is 7.33. The normalized spacial score (nSPS) is 12.0. The van der Waals surface area contributed by atoms with Crippen LogP contribution < -0.4 is 4.74 Å². The van der Waals surface area contributed by atoms with Crippen LogP contribution in [0.5, 0.6) is 5.75 Å². The second-order valence-corrected chi connectivity index (χ2v) is 5.79. The maximum atomic E-state index is 5.90. The maximum absolute atomic E-state index is 5.90. The Morgan fingerprint density at radius 1 is 1.10 bits per heavy atom. The molecular formula is C17H25NO2. The summed E-state index contributed by atoms with van der Waals surface area (Å²) >= 11 is 0. The first-order valence-electron chi connectivity index (χ1n) is 7.33. The average molecular weight is 275 g/mol. The van der Waals surface area contributed by atoms with Crippen LogP contribution in [0, 0.1) is 0 Å². The van der Waals surface area contributed by atoms with Gasteiger partial charge in [0.15, 0.2) is 0 Å². The van der Waals surface area contributed by atoms with Gasteiger partial charge in [-0.15, -0.1) is 0 Å². The summed E-state index contributed by atoms with van der Waals surface area (Å²) in [4.78, 5) is 2.48. The van der Waals surface area contributed by atoms with E-state index in [1.165, 1.54) is 0 Å². The van der Waals surface area contributed by atoms with E-state index in [4.69, 9.17) is 9.15 Å². The van der Waals surface area contributed by atoms with Crippen molar-refractivity contribution in [1.82, 2.24) is 4.90 Å². The number of benzene rings is 1. The molecule has 0 spiro atoms. The Bertz CT molecular complexity index is 549. The monoisotopic (exact) mass is 275 g/mol. The molecule has 0 fully saturated rings. The fourth-order valence-electron chi connectivity index (χ4n) is 2.68. The molecule has 0 aliphatic rings. The minimum absolute atomic E-state index is 0.555. The summed E-state index contributed by atoms with van der Waals surface area (Å²) in [6.45, 7) is 9.98. The summed E-state index contributed by atoms with van der Waals surface area (Å²) in [6.07, 6.45) is 0.938. The van der Waals surface area contributed by atoms with Crippen molar-refractivity contribution in [3.05, 3.63) is 30.0 Å². The zero-order valence-electron chi connectivity index (χ0n) is 13.1. The lowest BCUT2D eigenvalue weighted by molar-refractivity contribution is 0.174. The van der Waals surface area contributed by atoms with Crippen LogP contribution in [0.4, 0.5) is 0 Å². The average Bonchev–Trinajstić information content (AvgIpc) is 2.79. The van der Waals surface area contributed by atoms with Gasteiger partial charge < -0.3 is 9.15 Å². The highest BCUT2D eigenvalue weighted by Gasteiger charge is 2.14. The molecule has 0 aliphatic heterocycles. The third-order valence-corrected chi connectivity index (χ3v) is 3.72. The van der Waals surface area contributed by atoms with Crippen LogP contribution in [0.2, 0.25) is 0 Å². The van der Waals surface area contributed by atoms with Gasteiger partial charge >= 0.3 is 0 Å². The number of furan rings is 1. The third-order valence-electron chi connectivity index (χ3n) is 3.72. The lowest BCUT2D eigenvalue weighted by atomic mass is 10.2. The van der Waals surface area contributed by atoms with Gasteiger partial charge in [0.1, 0.15) is 17.1 Å². The minimum Gasteiger partial charge on any atom is -0.497 e. The van der Waals surface area contributed by atoms with Crippen LogP contribution in [-0.4, -0.2) is 30.6 Å². The minimum atomic E-state index is 0.555. The van der Waals surface area contributed by atoms with E-state index in [0.29, 0.717) is 12.1 Å². The summed E-state index contributed by atoms with van der Waals surface area (Å²) in [5.41, 5.74) is 0.932. The van der Waals surface area contributed by atoms with Gasteiger partial charge in [0.25, 0.3) is 0 Å². The number of ether oxygens (including phenoxy) is 1. The van der Waals surface area contributed by atoms with Crippen LogP contribution in [0.25, 0.3) is 11.0 Å². The molecule has 3 nitrogen and oxygen atoms in total. The van der Waals surface area contributed by atoms with E-state index in [2.05, 4.69) is 38.7 Å². The van der Waals surface area contributed by atoms with Gasteiger partial charge in [-0.25, -0.2) is 0 Å². The Kier molecular flexibility index (Phi) is 4.71. The number of fused-ring (bicyclic) bond motifs is 1. The Morgan fingerprint density at radius 3 is 2.40 bits per heavy atom. The number of hydrogen-bond donors (Lipinski definition) is 0. The smallest absolute Gasteiger partial charge is 0.134 e. The molecule has 1 heterocycles. The molecule has 0 N–H and O–H groups in total. The first kappa shape index (κ1) is 14.9. The Balaban J connectivity index is 2.10. The largest absolute Gasteiger partial charge is 0.497 e. The van der Waals surface area contributed by atoms with Crippen molar-refractivity contribution in [3.63, 3.8) is 0 Å². The van der Waals surface area contributed by atoms with E-state index in [9.17, 15) is 0 Å². The Hall–Kier alpha value is -1.48. The van der Waals surface area contributed by atoms with Crippen LogP contribution in [-0.2, 0) is 6.42 Å². The van der Waals surface area contributed by atoms with Crippen LogP contribution in [0.15, 0.2) is 28.7 Å². The zero-order chi connectivity index (χ0) is 14.7. The Labute approximate surface area is 121 Å². The summed E-state index contributed by atoms with van der Waals surface area (Å²) in [7, 11) is 1.69. The summed E-state index contributed by atoms with van der Waals surface area (Å²) in [6, 6.07) is 9.16. The van der Waals surface area contributed by atoms with Crippen LogP contribution >= 0.6 is 0 Å². The number of rotatable bonds is 6. The highest BCUT2D eigenvalue weighted by Crippen LogP contribution is 2.24. The molecule has 2 aromatic rings. The van der Waals surface area contributed by atoms with Crippen molar-refractivity contribution >= 4 is 11.0 Å². The van der Waals surface area contributed by atoms with Gasteiger partial charge in [0.2, 0.25) is 0 Å². The molecule has 110 valence electrons. The van der Waals surface area contributed by atoms with Gasteiger partial charge in [-0.05, 0) is 52.0 Å². The molecule has 0 unspecified atom stereocenters. The van der Waals surface area contributed by atoms with Crippen molar-refractivity contribution < 1.29 is 9.15 Å². The van der Waals surface area contributed by atoms with Gasteiger partial charge in [-0.3, -0.25) is 4.90 Å². The summed E-state index contributed by atoms with van der Waals surface area (Å²) < 4.78 is 11.1. The Morgan fingerprint density at radius 2 is 1.80 bits per heavy atom. The second-order valence-electron chi connectivity index (χ2n) is 5.79. The number of methoxy groups -OCH3 is 1. The molecule has 20 heavy (non-hydrogen) atoms. The van der Waals surface area contributed by atoms with E-state index >= 15 is 0 Å². The van der Waals surface area contributed by atoms with Crippen molar-refractivity contribution in [3.8, 4) is 5.75 Å². The van der Waals surface area contributed by atoms with E-state index in [-0.39, 0.29) is 0 Å². The van der Waals surface area contributed by atoms with Crippen molar-refractivity contribution in [2.45, 2.75) is 46.2 Å². The standard InChI is InChI=1S/C17H25NO2/c1-12(2)18(13(3)4)9-8-16-11-14-10-15(19-5)6-7-17(14)20-16/h6-7,10-13H,8-9H2,1-5H3. The van der Waals surface area contributed by atoms with Gasteiger partial charge in [-0.1, -0.05) is 0 Å².